The summed E-state index contributed by atoms with van der Waals surface area (Å²) in [5.74, 6) is -1.04. The number of rotatable bonds is 5. The normalized spacial score (nSPS) is 17.5. The summed E-state index contributed by atoms with van der Waals surface area (Å²) in [6, 6.07) is 25.7. The molecule has 0 amide bonds. The third kappa shape index (κ3) is 4.70. The van der Waals surface area contributed by atoms with Gasteiger partial charge in [-0.05, 0) is 87.3 Å². The van der Waals surface area contributed by atoms with Crippen molar-refractivity contribution in [1.82, 2.24) is 0 Å². The lowest BCUT2D eigenvalue weighted by Gasteiger charge is -2.33. The maximum absolute atomic E-state index is 15.1. The number of fused-ring (bicyclic) bond motifs is 5. The second-order valence-electron chi connectivity index (χ2n) is 9.71. The molecule has 0 fully saturated rings. The minimum absolute atomic E-state index is 0.119. The zero-order valence-electron chi connectivity index (χ0n) is 20.5. The van der Waals surface area contributed by atoms with Gasteiger partial charge in [0.2, 0.25) is 0 Å². The van der Waals surface area contributed by atoms with Gasteiger partial charge in [-0.25, -0.2) is 12.8 Å². The van der Waals surface area contributed by atoms with Crippen molar-refractivity contribution in [3.8, 4) is 5.75 Å². The van der Waals surface area contributed by atoms with Crippen molar-refractivity contribution in [2.45, 2.75) is 35.5 Å². The van der Waals surface area contributed by atoms with Crippen LogP contribution < -0.4 is 4.74 Å². The second-order valence-corrected chi connectivity index (χ2v) is 12.8. The zero-order chi connectivity index (χ0) is 27.3. The summed E-state index contributed by atoms with van der Waals surface area (Å²) in [5.41, 5.74) is 1.94. The van der Waals surface area contributed by atoms with Crippen LogP contribution in [0, 0.1) is 5.82 Å². The summed E-state index contributed by atoms with van der Waals surface area (Å²) < 4.78 is 74.5. The summed E-state index contributed by atoms with van der Waals surface area (Å²) in [7, 11) is -4.10. The van der Waals surface area contributed by atoms with E-state index in [4.69, 9.17) is 0 Å². The molecule has 3 nitrogen and oxygen atoms in total. The molecule has 5 aromatic carbocycles. The van der Waals surface area contributed by atoms with Gasteiger partial charge < -0.3 is 4.74 Å². The van der Waals surface area contributed by atoms with E-state index < -0.39 is 33.4 Å². The molecule has 1 aliphatic rings. The van der Waals surface area contributed by atoms with Gasteiger partial charge in [-0.3, -0.25) is 0 Å². The van der Waals surface area contributed by atoms with E-state index in [0.717, 1.165) is 33.2 Å². The predicted octanol–water partition coefficient (Wildman–Crippen LogP) is 8.74. The molecule has 2 unspecified atom stereocenters. The Labute approximate surface area is 232 Å². The number of benzene rings is 5. The highest BCUT2D eigenvalue weighted by molar-refractivity contribution is 9.10. The average molecular weight is 611 g/mol. The molecule has 0 saturated heterocycles. The topological polar surface area (TPSA) is 43.4 Å². The maximum atomic E-state index is 15.1. The minimum atomic E-state index is -4.10. The highest BCUT2D eigenvalue weighted by atomic mass is 79.9. The molecule has 0 aromatic heterocycles. The molecule has 0 N–H and O–H groups in total. The van der Waals surface area contributed by atoms with E-state index in [1.807, 2.05) is 48.5 Å². The first-order valence-corrected chi connectivity index (χ1v) is 14.7. The van der Waals surface area contributed by atoms with E-state index in [1.165, 1.54) is 24.3 Å². The summed E-state index contributed by atoms with van der Waals surface area (Å²) in [5, 5.41) is 2.75. The summed E-state index contributed by atoms with van der Waals surface area (Å²) >= 11 is 3.29. The van der Waals surface area contributed by atoms with E-state index in [9.17, 15) is 17.2 Å². The largest absolute Gasteiger partial charge is 0.435 e. The van der Waals surface area contributed by atoms with Crippen LogP contribution in [0.25, 0.3) is 21.5 Å². The van der Waals surface area contributed by atoms with Gasteiger partial charge in [-0.1, -0.05) is 76.6 Å². The lowest BCUT2D eigenvalue weighted by Crippen LogP contribution is -2.25. The molecule has 198 valence electrons. The second kappa shape index (κ2) is 9.99. The fourth-order valence-corrected chi connectivity index (χ4v) is 8.07. The predicted molar refractivity (Wildman–Crippen MR) is 150 cm³/mol. The quantitative estimate of drug-likeness (QED) is 0.187. The van der Waals surface area contributed by atoms with E-state index >= 15 is 4.39 Å². The SMILES string of the molecule is O=S(=O)(c1cccc(OC(F)F)c1)C1CC(c2ccc(Br)cc2F)Cc2ccc3c(ccc4ccccc43)c21. The van der Waals surface area contributed by atoms with Crippen LogP contribution in [-0.4, -0.2) is 15.0 Å². The molecule has 0 bridgehead atoms. The number of halogens is 4. The van der Waals surface area contributed by atoms with Crippen molar-refractivity contribution in [1.29, 1.82) is 0 Å². The van der Waals surface area contributed by atoms with Crippen molar-refractivity contribution in [3.63, 3.8) is 0 Å². The van der Waals surface area contributed by atoms with Crippen LogP contribution in [0.15, 0.2) is 100 Å². The third-order valence-corrected chi connectivity index (χ3v) is 10.1. The molecule has 0 aliphatic heterocycles. The van der Waals surface area contributed by atoms with Crippen molar-refractivity contribution in [2.75, 3.05) is 0 Å². The Morgan fingerprint density at radius 2 is 1.64 bits per heavy atom. The van der Waals surface area contributed by atoms with Crippen LogP contribution in [-0.2, 0) is 16.3 Å². The average Bonchev–Trinajstić information content (AvgIpc) is 2.91. The Morgan fingerprint density at radius 3 is 2.44 bits per heavy atom. The lowest BCUT2D eigenvalue weighted by molar-refractivity contribution is -0.0499. The fourth-order valence-electron chi connectivity index (χ4n) is 5.78. The van der Waals surface area contributed by atoms with Crippen molar-refractivity contribution < 1.29 is 26.3 Å². The first-order chi connectivity index (χ1) is 18.7. The summed E-state index contributed by atoms with van der Waals surface area (Å²) in [6.45, 7) is -3.08. The van der Waals surface area contributed by atoms with Crippen LogP contribution in [0.4, 0.5) is 13.2 Å². The Bertz CT molecular complexity index is 1840. The summed E-state index contributed by atoms with van der Waals surface area (Å²) in [6.07, 6.45) is 0.608. The molecule has 0 heterocycles. The van der Waals surface area contributed by atoms with Crippen molar-refractivity contribution >= 4 is 47.3 Å². The maximum Gasteiger partial charge on any atom is 0.387 e. The third-order valence-electron chi connectivity index (χ3n) is 7.48. The number of ether oxygens (including phenoxy) is 1. The van der Waals surface area contributed by atoms with Crippen molar-refractivity contribution in [2.24, 2.45) is 0 Å². The van der Waals surface area contributed by atoms with Gasteiger partial charge in [0.15, 0.2) is 9.84 Å². The van der Waals surface area contributed by atoms with E-state index in [2.05, 4.69) is 20.7 Å². The van der Waals surface area contributed by atoms with Crippen LogP contribution in [0.5, 0.6) is 5.75 Å². The van der Waals surface area contributed by atoms with Crippen LogP contribution >= 0.6 is 15.9 Å². The van der Waals surface area contributed by atoms with Crippen LogP contribution in [0.2, 0.25) is 0 Å². The van der Waals surface area contributed by atoms with Gasteiger partial charge in [0.05, 0.1) is 10.1 Å². The fraction of sp³-hybridized carbons (Fsp3) is 0.161. The number of alkyl halides is 2. The van der Waals surface area contributed by atoms with Gasteiger partial charge in [0.25, 0.3) is 0 Å². The van der Waals surface area contributed by atoms with E-state index in [1.54, 1.807) is 12.1 Å². The zero-order valence-corrected chi connectivity index (χ0v) is 22.9. The molecule has 2 atom stereocenters. The van der Waals surface area contributed by atoms with Gasteiger partial charge >= 0.3 is 6.61 Å². The smallest absolute Gasteiger partial charge is 0.387 e. The Balaban J connectivity index is 1.57. The molecular weight excluding hydrogens is 589 g/mol. The van der Waals surface area contributed by atoms with Crippen LogP contribution in [0.1, 0.15) is 34.3 Å². The molecular formula is C31H22BrF3O3S. The first-order valence-electron chi connectivity index (χ1n) is 12.4. The number of hydrogen-bond acceptors (Lipinski definition) is 3. The molecule has 5 aromatic rings. The lowest BCUT2D eigenvalue weighted by atomic mass is 9.77. The first kappa shape index (κ1) is 25.9. The van der Waals surface area contributed by atoms with E-state index in [0.29, 0.717) is 22.0 Å². The standard InChI is InChI=1S/C31H22BrF3O3S/c32-21-10-13-25(28(33)16-21)20-14-19-9-11-26-24-7-2-1-4-18(24)8-12-27(26)30(19)29(15-20)39(36,37)23-6-3-5-22(17-23)38-31(34)35/h1-13,16-17,20,29,31H,14-15H2. The van der Waals surface area contributed by atoms with E-state index in [-0.39, 0.29) is 17.1 Å². The minimum Gasteiger partial charge on any atom is -0.435 e. The van der Waals surface area contributed by atoms with Gasteiger partial charge in [0, 0.05) is 4.47 Å². The number of sulfone groups is 1. The van der Waals surface area contributed by atoms with Gasteiger partial charge in [0.1, 0.15) is 11.6 Å². The Morgan fingerprint density at radius 1 is 0.846 bits per heavy atom. The molecule has 0 spiro atoms. The highest BCUT2D eigenvalue weighted by Gasteiger charge is 2.39. The molecule has 0 saturated carbocycles. The Hall–Kier alpha value is -3.36. The van der Waals surface area contributed by atoms with Crippen molar-refractivity contribution in [3.05, 3.63) is 118 Å². The van der Waals surface area contributed by atoms with Gasteiger partial charge in [-0.15, -0.1) is 0 Å². The molecule has 8 heteroatoms. The number of hydrogen-bond donors (Lipinski definition) is 0. The summed E-state index contributed by atoms with van der Waals surface area (Å²) in [4.78, 5) is -0.119. The molecule has 0 radical (unpaired) electrons. The molecule has 6 rings (SSSR count). The monoisotopic (exact) mass is 610 g/mol. The molecule has 39 heavy (non-hydrogen) atoms. The molecule has 1 aliphatic carbocycles. The highest BCUT2D eigenvalue weighted by Crippen LogP contribution is 2.48. The van der Waals surface area contributed by atoms with Gasteiger partial charge in [-0.2, -0.15) is 8.78 Å². The Kier molecular flexibility index (Phi) is 6.63. The van der Waals surface area contributed by atoms with Crippen LogP contribution in [0.3, 0.4) is 0 Å².